The Kier molecular flexibility index (Phi) is 5.47. The molecule has 1 saturated heterocycles. The Hall–Kier alpha value is -1.64. The highest BCUT2D eigenvalue weighted by Crippen LogP contribution is 2.20. The molecule has 1 atom stereocenters. The average Bonchev–Trinajstić information content (AvgIpc) is 2.58. The number of hydrogen-bond acceptors (Lipinski definition) is 2. The molecule has 2 nitrogen and oxygen atoms in total. The highest BCUT2D eigenvalue weighted by atomic mass is 16.6. The van der Waals surface area contributed by atoms with Crippen LogP contribution in [0.25, 0.3) is 0 Å². The second kappa shape index (κ2) is 7.76. The smallest absolute Gasteiger partial charge is 0.106 e. The molecule has 3 aliphatic rings. The van der Waals surface area contributed by atoms with Gasteiger partial charge in [-0.3, -0.25) is 0 Å². The van der Waals surface area contributed by atoms with Gasteiger partial charge in [0.2, 0.25) is 0 Å². The van der Waals surface area contributed by atoms with Crippen LogP contribution in [0.1, 0.15) is 42.6 Å². The normalized spacial score (nSPS) is 18.1. The third-order valence-electron chi connectivity index (χ3n) is 4.48. The van der Waals surface area contributed by atoms with Gasteiger partial charge in [0.15, 0.2) is 0 Å². The van der Waals surface area contributed by atoms with E-state index in [2.05, 4.69) is 56.3 Å². The highest BCUT2D eigenvalue weighted by Gasteiger charge is 2.15. The highest BCUT2D eigenvalue weighted by molar-refractivity contribution is 5.33. The molecule has 0 N–H and O–H groups in total. The van der Waals surface area contributed by atoms with Gasteiger partial charge in [0.25, 0.3) is 0 Å². The summed E-state index contributed by atoms with van der Waals surface area (Å²) >= 11 is 0. The standard InChI is InChI=1S/C11H14O2.C10H12/c1-9-2-4-10(5-3-9)11-8-12-6-7-13-11;1-2-3-4-8-7-9-5-6-10(8)9/h2-5,11H,6-8H2,1H3;5-7H,2-4H2,1H3. The quantitative estimate of drug-likeness (QED) is 0.694. The van der Waals surface area contributed by atoms with E-state index in [0.717, 1.165) is 6.61 Å². The van der Waals surface area contributed by atoms with E-state index in [-0.39, 0.29) is 6.10 Å². The maximum atomic E-state index is 5.58. The summed E-state index contributed by atoms with van der Waals surface area (Å²) in [5.41, 5.74) is 4.07. The van der Waals surface area contributed by atoms with E-state index in [4.69, 9.17) is 9.47 Å². The van der Waals surface area contributed by atoms with Gasteiger partial charge >= 0.3 is 0 Å². The molecule has 1 unspecified atom stereocenters. The Labute approximate surface area is 138 Å². The van der Waals surface area contributed by atoms with Gasteiger partial charge in [0, 0.05) is 0 Å². The second-order valence-corrected chi connectivity index (χ2v) is 6.32. The summed E-state index contributed by atoms with van der Waals surface area (Å²) in [6.07, 6.45) is 4.08. The lowest BCUT2D eigenvalue weighted by Gasteiger charge is -2.23. The molecule has 0 saturated carbocycles. The minimum Gasteiger partial charge on any atom is -0.376 e. The first-order valence-corrected chi connectivity index (χ1v) is 8.67. The SMILES string of the molecule is CCCCc1cc2ccc1=2.Cc1ccc(C2COCCO2)cc1. The van der Waals surface area contributed by atoms with Crippen molar-refractivity contribution in [3.8, 4) is 0 Å². The van der Waals surface area contributed by atoms with Gasteiger partial charge in [-0.25, -0.2) is 0 Å². The fourth-order valence-corrected chi connectivity index (χ4v) is 2.90. The van der Waals surface area contributed by atoms with Crippen molar-refractivity contribution in [1.82, 2.24) is 0 Å². The van der Waals surface area contributed by atoms with Crippen molar-refractivity contribution in [3.05, 3.63) is 69.6 Å². The molecular formula is C21H26O2. The first-order chi connectivity index (χ1) is 11.3. The van der Waals surface area contributed by atoms with Crippen LogP contribution in [0, 0.1) is 17.4 Å². The van der Waals surface area contributed by atoms with Crippen LogP contribution in [0.5, 0.6) is 0 Å². The average molecular weight is 310 g/mol. The van der Waals surface area contributed by atoms with E-state index in [0.29, 0.717) is 13.2 Å². The zero-order chi connectivity index (χ0) is 16.1. The van der Waals surface area contributed by atoms with Crippen molar-refractivity contribution in [2.24, 2.45) is 0 Å². The molecule has 0 radical (unpaired) electrons. The van der Waals surface area contributed by atoms with Crippen LogP contribution < -0.4 is 0 Å². The predicted molar refractivity (Wildman–Crippen MR) is 93.4 cm³/mol. The monoisotopic (exact) mass is 310 g/mol. The minimum absolute atomic E-state index is 0.134. The summed E-state index contributed by atoms with van der Waals surface area (Å²) < 4.78 is 10.9. The fourth-order valence-electron chi connectivity index (χ4n) is 2.90. The van der Waals surface area contributed by atoms with Gasteiger partial charge in [-0.2, -0.15) is 0 Å². The molecular weight excluding hydrogens is 284 g/mol. The lowest BCUT2D eigenvalue weighted by molar-refractivity contribution is -0.0901. The van der Waals surface area contributed by atoms with Gasteiger partial charge in [0.1, 0.15) is 6.10 Å². The third kappa shape index (κ3) is 4.01. The van der Waals surface area contributed by atoms with Crippen LogP contribution in [0.2, 0.25) is 0 Å². The maximum absolute atomic E-state index is 5.58. The molecule has 1 aromatic rings. The summed E-state index contributed by atoms with van der Waals surface area (Å²) in [6, 6.07) is 15.1. The molecule has 23 heavy (non-hydrogen) atoms. The van der Waals surface area contributed by atoms with Crippen molar-refractivity contribution in [2.75, 3.05) is 19.8 Å². The van der Waals surface area contributed by atoms with E-state index < -0.39 is 0 Å². The van der Waals surface area contributed by atoms with Gasteiger partial charge in [-0.1, -0.05) is 61.4 Å². The molecule has 122 valence electrons. The number of benzene rings is 2. The van der Waals surface area contributed by atoms with E-state index in [1.165, 1.54) is 40.8 Å². The third-order valence-corrected chi connectivity index (χ3v) is 4.48. The van der Waals surface area contributed by atoms with Gasteiger partial charge in [0.05, 0.1) is 19.8 Å². The summed E-state index contributed by atoms with van der Waals surface area (Å²) in [5, 5.41) is 3.01. The van der Waals surface area contributed by atoms with Gasteiger partial charge in [-0.15, -0.1) is 0 Å². The number of hydrogen-bond donors (Lipinski definition) is 0. The Bertz CT molecular complexity index is 712. The topological polar surface area (TPSA) is 18.5 Å². The molecule has 1 aromatic carbocycles. The van der Waals surface area contributed by atoms with Crippen molar-refractivity contribution in [2.45, 2.75) is 39.2 Å². The molecule has 2 heteroatoms. The van der Waals surface area contributed by atoms with Crippen molar-refractivity contribution in [1.29, 1.82) is 0 Å². The lowest BCUT2D eigenvalue weighted by atomic mass is 9.95. The summed E-state index contributed by atoms with van der Waals surface area (Å²) in [5.74, 6) is 0. The molecule has 0 bridgehead atoms. The first-order valence-electron chi connectivity index (χ1n) is 8.67. The maximum Gasteiger partial charge on any atom is 0.106 e. The second-order valence-electron chi connectivity index (χ2n) is 6.32. The largest absolute Gasteiger partial charge is 0.376 e. The van der Waals surface area contributed by atoms with Gasteiger partial charge in [-0.05, 0) is 41.3 Å². The molecule has 2 aliphatic carbocycles. The van der Waals surface area contributed by atoms with Crippen molar-refractivity contribution in [3.63, 3.8) is 0 Å². The molecule has 1 heterocycles. The van der Waals surface area contributed by atoms with Crippen LogP contribution in [0.15, 0.2) is 42.5 Å². The number of rotatable bonds is 4. The summed E-state index contributed by atoms with van der Waals surface area (Å²) in [4.78, 5) is 0. The van der Waals surface area contributed by atoms with Crippen LogP contribution >= 0.6 is 0 Å². The lowest BCUT2D eigenvalue weighted by Crippen LogP contribution is -2.21. The van der Waals surface area contributed by atoms with Crippen LogP contribution in [0.3, 0.4) is 0 Å². The minimum atomic E-state index is 0.134. The molecule has 0 spiro atoms. The van der Waals surface area contributed by atoms with Crippen LogP contribution in [-0.2, 0) is 15.9 Å². The van der Waals surface area contributed by atoms with E-state index >= 15 is 0 Å². The Morgan fingerprint density at radius 3 is 2.39 bits per heavy atom. The molecule has 4 rings (SSSR count). The van der Waals surface area contributed by atoms with Crippen molar-refractivity contribution >= 4 is 0 Å². The molecule has 1 aliphatic heterocycles. The van der Waals surface area contributed by atoms with E-state index in [9.17, 15) is 0 Å². The zero-order valence-corrected chi connectivity index (χ0v) is 14.2. The summed E-state index contributed by atoms with van der Waals surface area (Å²) in [6.45, 7) is 6.44. The summed E-state index contributed by atoms with van der Waals surface area (Å²) in [7, 11) is 0. The fraction of sp³-hybridized carbons (Fsp3) is 0.429. The van der Waals surface area contributed by atoms with E-state index in [1.54, 1.807) is 5.56 Å². The molecule has 0 aromatic heterocycles. The Balaban J connectivity index is 0.000000140. The van der Waals surface area contributed by atoms with Gasteiger partial charge < -0.3 is 9.47 Å². The number of unbranched alkanes of at least 4 members (excludes halogenated alkanes) is 1. The Morgan fingerprint density at radius 1 is 1.04 bits per heavy atom. The first kappa shape index (κ1) is 16.2. The number of ether oxygens (including phenoxy) is 2. The number of aryl methyl sites for hydroxylation is 2. The predicted octanol–water partition coefficient (Wildman–Crippen LogP) is 4.71. The Morgan fingerprint density at radius 2 is 1.87 bits per heavy atom. The van der Waals surface area contributed by atoms with Crippen LogP contribution in [-0.4, -0.2) is 19.8 Å². The molecule has 1 fully saturated rings. The van der Waals surface area contributed by atoms with Crippen LogP contribution in [0.4, 0.5) is 0 Å². The zero-order valence-electron chi connectivity index (χ0n) is 14.2. The molecule has 0 amide bonds. The van der Waals surface area contributed by atoms with E-state index in [1.807, 2.05) is 0 Å². The van der Waals surface area contributed by atoms with Crippen molar-refractivity contribution < 1.29 is 9.47 Å².